The average molecular weight is 352 g/mol. The molecule has 1 aromatic heterocycles. The number of carboxylic acid groups (broad SMARTS) is 1. The first-order valence-electron chi connectivity index (χ1n) is 6.59. The summed E-state index contributed by atoms with van der Waals surface area (Å²) in [5, 5.41) is 17.3. The molecule has 0 aliphatic heterocycles. The molecule has 0 saturated heterocycles. The maximum atomic E-state index is 11.4. The Hall–Kier alpha value is -1.69. The Balaban J connectivity index is 2.80. The highest BCUT2D eigenvalue weighted by atomic mass is 79.9. The van der Waals surface area contributed by atoms with E-state index in [4.69, 9.17) is 0 Å². The summed E-state index contributed by atoms with van der Waals surface area (Å²) >= 11 is 3.55. The standard InChI is InChI=1S/C15H18BrN3O2/c1-8-6-9(2)12(10(16)7-8)19-13(15(3,4)5)11(14(20)21)17-18-19/h6-7H,1-5H3,(H,20,21). The molecule has 0 radical (unpaired) electrons. The van der Waals surface area contributed by atoms with Gasteiger partial charge in [0.1, 0.15) is 0 Å². The number of nitrogens with zero attached hydrogens (tertiary/aromatic N) is 3. The van der Waals surface area contributed by atoms with E-state index in [2.05, 4.69) is 26.2 Å². The van der Waals surface area contributed by atoms with Gasteiger partial charge in [-0.2, -0.15) is 0 Å². The lowest BCUT2D eigenvalue weighted by Gasteiger charge is -2.22. The normalized spacial score (nSPS) is 11.7. The van der Waals surface area contributed by atoms with Crippen molar-refractivity contribution in [2.45, 2.75) is 40.0 Å². The number of aryl methyl sites for hydroxylation is 2. The SMILES string of the molecule is Cc1cc(C)c(-n2nnc(C(=O)O)c2C(C)(C)C)c(Br)c1. The van der Waals surface area contributed by atoms with Crippen molar-refractivity contribution in [2.24, 2.45) is 0 Å². The van der Waals surface area contributed by atoms with Crippen molar-refractivity contribution in [1.82, 2.24) is 15.0 Å². The number of aromatic carboxylic acids is 1. The van der Waals surface area contributed by atoms with Gasteiger partial charge in [0.2, 0.25) is 0 Å². The highest BCUT2D eigenvalue weighted by molar-refractivity contribution is 9.10. The predicted molar refractivity (Wildman–Crippen MR) is 84.2 cm³/mol. The molecule has 0 amide bonds. The molecule has 0 unspecified atom stereocenters. The Labute approximate surface area is 132 Å². The van der Waals surface area contributed by atoms with Gasteiger partial charge in [-0.25, -0.2) is 9.48 Å². The van der Waals surface area contributed by atoms with Gasteiger partial charge in [-0.3, -0.25) is 0 Å². The van der Waals surface area contributed by atoms with Crippen LogP contribution in [0, 0.1) is 13.8 Å². The lowest BCUT2D eigenvalue weighted by Crippen LogP contribution is -2.21. The quantitative estimate of drug-likeness (QED) is 0.896. The highest BCUT2D eigenvalue weighted by Crippen LogP contribution is 2.32. The van der Waals surface area contributed by atoms with Crippen molar-refractivity contribution in [3.8, 4) is 5.69 Å². The summed E-state index contributed by atoms with van der Waals surface area (Å²) in [5.41, 5.74) is 3.14. The molecule has 2 rings (SSSR count). The summed E-state index contributed by atoms with van der Waals surface area (Å²) < 4.78 is 2.50. The number of carboxylic acids is 1. The van der Waals surface area contributed by atoms with Crippen LogP contribution in [0.25, 0.3) is 5.69 Å². The second kappa shape index (κ2) is 5.26. The topological polar surface area (TPSA) is 68.0 Å². The number of hydrogen-bond donors (Lipinski definition) is 1. The molecule has 0 atom stereocenters. The Kier molecular flexibility index (Phi) is 3.93. The van der Waals surface area contributed by atoms with E-state index >= 15 is 0 Å². The van der Waals surface area contributed by atoms with Crippen LogP contribution in [0.3, 0.4) is 0 Å². The Morgan fingerprint density at radius 3 is 2.38 bits per heavy atom. The zero-order valence-electron chi connectivity index (χ0n) is 12.7. The van der Waals surface area contributed by atoms with Crippen molar-refractivity contribution in [3.63, 3.8) is 0 Å². The summed E-state index contributed by atoms with van der Waals surface area (Å²) in [6.07, 6.45) is 0. The lowest BCUT2D eigenvalue weighted by molar-refractivity contribution is 0.0687. The molecule has 1 heterocycles. The first kappa shape index (κ1) is 15.7. The number of carbonyl (C=O) groups is 1. The maximum Gasteiger partial charge on any atom is 0.358 e. The molecule has 112 valence electrons. The molecular formula is C15H18BrN3O2. The van der Waals surface area contributed by atoms with E-state index in [-0.39, 0.29) is 5.69 Å². The van der Waals surface area contributed by atoms with Gasteiger partial charge in [-0.05, 0) is 47.0 Å². The summed E-state index contributed by atoms with van der Waals surface area (Å²) in [7, 11) is 0. The van der Waals surface area contributed by atoms with Gasteiger partial charge in [0.05, 0.1) is 11.4 Å². The van der Waals surface area contributed by atoms with Crippen LogP contribution in [0.4, 0.5) is 0 Å². The zero-order valence-corrected chi connectivity index (χ0v) is 14.3. The first-order chi connectivity index (χ1) is 9.62. The Morgan fingerprint density at radius 2 is 1.90 bits per heavy atom. The molecule has 6 heteroatoms. The van der Waals surface area contributed by atoms with E-state index in [1.807, 2.05) is 46.8 Å². The first-order valence-corrected chi connectivity index (χ1v) is 7.39. The Morgan fingerprint density at radius 1 is 1.29 bits per heavy atom. The number of halogens is 1. The third-order valence-corrected chi connectivity index (χ3v) is 3.80. The molecule has 1 N–H and O–H groups in total. The molecule has 0 spiro atoms. The van der Waals surface area contributed by atoms with Gasteiger partial charge < -0.3 is 5.11 Å². The fraction of sp³-hybridized carbons (Fsp3) is 0.400. The molecule has 0 aliphatic rings. The second-order valence-electron chi connectivity index (χ2n) is 6.17. The fourth-order valence-electron chi connectivity index (χ4n) is 2.43. The van der Waals surface area contributed by atoms with Crippen LogP contribution >= 0.6 is 15.9 Å². The fourth-order valence-corrected chi connectivity index (χ4v) is 3.27. The van der Waals surface area contributed by atoms with E-state index in [1.165, 1.54) is 0 Å². The van der Waals surface area contributed by atoms with Crippen LogP contribution in [0.1, 0.15) is 48.1 Å². The van der Waals surface area contributed by atoms with Crippen LogP contribution in [-0.2, 0) is 5.41 Å². The van der Waals surface area contributed by atoms with Crippen molar-refractivity contribution < 1.29 is 9.90 Å². The van der Waals surface area contributed by atoms with E-state index in [0.717, 1.165) is 21.3 Å². The molecular weight excluding hydrogens is 334 g/mol. The van der Waals surface area contributed by atoms with Crippen LogP contribution < -0.4 is 0 Å². The minimum Gasteiger partial charge on any atom is -0.476 e. The summed E-state index contributed by atoms with van der Waals surface area (Å²) in [6.45, 7) is 9.84. The van der Waals surface area contributed by atoms with Crippen molar-refractivity contribution in [1.29, 1.82) is 0 Å². The van der Waals surface area contributed by atoms with Crippen LogP contribution in [0.5, 0.6) is 0 Å². The van der Waals surface area contributed by atoms with Gasteiger partial charge >= 0.3 is 5.97 Å². The summed E-state index contributed by atoms with van der Waals surface area (Å²) in [5.74, 6) is -1.06. The number of rotatable bonds is 2. The minimum absolute atomic E-state index is 0.00521. The lowest BCUT2D eigenvalue weighted by atomic mass is 9.90. The molecule has 0 aliphatic carbocycles. The van der Waals surface area contributed by atoms with Crippen LogP contribution in [0.2, 0.25) is 0 Å². The van der Waals surface area contributed by atoms with Gasteiger partial charge in [-0.15, -0.1) is 5.10 Å². The largest absolute Gasteiger partial charge is 0.476 e. The maximum absolute atomic E-state index is 11.4. The highest BCUT2D eigenvalue weighted by Gasteiger charge is 2.30. The molecule has 2 aromatic rings. The summed E-state index contributed by atoms with van der Waals surface area (Å²) in [4.78, 5) is 11.4. The van der Waals surface area contributed by atoms with Crippen LogP contribution in [-0.4, -0.2) is 26.1 Å². The van der Waals surface area contributed by atoms with Crippen molar-refractivity contribution >= 4 is 21.9 Å². The average Bonchev–Trinajstić information content (AvgIpc) is 2.71. The van der Waals surface area contributed by atoms with Crippen molar-refractivity contribution in [2.75, 3.05) is 0 Å². The third kappa shape index (κ3) is 2.85. The van der Waals surface area contributed by atoms with Gasteiger partial charge in [-0.1, -0.05) is 32.1 Å². The molecule has 21 heavy (non-hydrogen) atoms. The third-order valence-electron chi connectivity index (χ3n) is 3.19. The number of hydrogen-bond acceptors (Lipinski definition) is 3. The predicted octanol–water partition coefficient (Wildman–Crippen LogP) is 3.64. The number of aromatic nitrogens is 3. The molecule has 0 fully saturated rings. The molecule has 5 nitrogen and oxygen atoms in total. The van der Waals surface area contributed by atoms with E-state index < -0.39 is 11.4 Å². The smallest absolute Gasteiger partial charge is 0.358 e. The van der Waals surface area contributed by atoms with E-state index in [9.17, 15) is 9.90 Å². The van der Waals surface area contributed by atoms with Gasteiger partial charge in [0, 0.05) is 9.89 Å². The van der Waals surface area contributed by atoms with E-state index in [1.54, 1.807) is 4.68 Å². The number of benzene rings is 1. The summed E-state index contributed by atoms with van der Waals surface area (Å²) in [6, 6.07) is 4.02. The van der Waals surface area contributed by atoms with Crippen LogP contribution in [0.15, 0.2) is 16.6 Å². The monoisotopic (exact) mass is 351 g/mol. The molecule has 0 saturated carbocycles. The van der Waals surface area contributed by atoms with Crippen molar-refractivity contribution in [3.05, 3.63) is 39.1 Å². The Bertz CT molecular complexity index is 691. The van der Waals surface area contributed by atoms with E-state index in [0.29, 0.717) is 5.69 Å². The molecule has 0 bridgehead atoms. The van der Waals surface area contributed by atoms with Gasteiger partial charge in [0.15, 0.2) is 5.69 Å². The second-order valence-corrected chi connectivity index (χ2v) is 7.02. The zero-order chi connectivity index (χ0) is 15.9. The molecule has 1 aromatic carbocycles. The van der Waals surface area contributed by atoms with Gasteiger partial charge in [0.25, 0.3) is 0 Å². The minimum atomic E-state index is -1.06.